The van der Waals surface area contributed by atoms with Gasteiger partial charge in [-0.15, -0.1) is 0 Å². The van der Waals surface area contributed by atoms with Gasteiger partial charge in [0, 0.05) is 47.4 Å². The van der Waals surface area contributed by atoms with Crippen LogP contribution in [-0.2, 0) is 13.1 Å². The number of aromatic hydroxyl groups is 1. The SMILES string of the molecule is O=C(NCc1ccc(CNc2cc(-c3ccccc3O)nc3c(Br)cnn23)cc1)c1ccc2[nH]ccc2c1. The Bertz CT molecular complexity index is 1770. The zero-order chi connectivity index (χ0) is 26.1. The second kappa shape index (κ2) is 10.0. The first kappa shape index (κ1) is 23.7. The average Bonchev–Trinajstić information content (AvgIpc) is 3.57. The van der Waals surface area contributed by atoms with E-state index in [0.29, 0.717) is 35.6 Å². The van der Waals surface area contributed by atoms with E-state index in [2.05, 4.69) is 41.6 Å². The maximum Gasteiger partial charge on any atom is 0.251 e. The van der Waals surface area contributed by atoms with Gasteiger partial charge in [0.15, 0.2) is 5.65 Å². The van der Waals surface area contributed by atoms with Crippen LogP contribution < -0.4 is 10.6 Å². The molecule has 9 heteroatoms. The van der Waals surface area contributed by atoms with Crippen molar-refractivity contribution >= 4 is 44.2 Å². The van der Waals surface area contributed by atoms with Gasteiger partial charge in [0.1, 0.15) is 11.6 Å². The third-order valence-corrected chi connectivity index (χ3v) is 6.93. The van der Waals surface area contributed by atoms with Gasteiger partial charge in [-0.25, -0.2) is 4.98 Å². The second-order valence-corrected chi connectivity index (χ2v) is 9.76. The summed E-state index contributed by atoms with van der Waals surface area (Å²) >= 11 is 3.51. The Balaban J connectivity index is 1.14. The number of hydrogen-bond acceptors (Lipinski definition) is 5. The number of anilines is 1. The number of carbonyl (C=O) groups excluding carboxylic acids is 1. The molecule has 0 aliphatic heterocycles. The standard InChI is InChI=1S/C29H23BrN6O2/c30-23-17-34-36-27(14-25(35-28(23)36)22-3-1-2-4-26(22)37)32-15-18-5-7-19(8-6-18)16-33-29(38)21-9-10-24-20(13-21)11-12-31-24/h1-14,17,31-32,37H,15-16H2,(H,33,38). The number of H-pyrrole nitrogens is 1. The Morgan fingerprint density at radius 2 is 1.76 bits per heavy atom. The fourth-order valence-corrected chi connectivity index (χ4v) is 4.68. The van der Waals surface area contributed by atoms with E-state index in [0.717, 1.165) is 32.3 Å². The monoisotopic (exact) mass is 566 g/mol. The van der Waals surface area contributed by atoms with Crippen molar-refractivity contribution in [1.29, 1.82) is 0 Å². The van der Waals surface area contributed by atoms with Gasteiger partial charge < -0.3 is 20.7 Å². The smallest absolute Gasteiger partial charge is 0.251 e. The lowest BCUT2D eigenvalue weighted by Crippen LogP contribution is -2.22. The number of fused-ring (bicyclic) bond motifs is 2. The largest absolute Gasteiger partial charge is 0.507 e. The number of nitrogens with zero attached hydrogens (tertiary/aromatic N) is 3. The van der Waals surface area contributed by atoms with Gasteiger partial charge in [-0.3, -0.25) is 4.79 Å². The molecule has 4 N–H and O–H groups in total. The van der Waals surface area contributed by atoms with Gasteiger partial charge in [0.25, 0.3) is 5.91 Å². The summed E-state index contributed by atoms with van der Waals surface area (Å²) in [7, 11) is 0. The van der Waals surface area contributed by atoms with Gasteiger partial charge in [-0.1, -0.05) is 36.4 Å². The molecule has 0 aliphatic carbocycles. The van der Waals surface area contributed by atoms with E-state index in [4.69, 9.17) is 0 Å². The number of phenols is 1. The highest BCUT2D eigenvalue weighted by molar-refractivity contribution is 9.10. The molecule has 3 aromatic carbocycles. The molecule has 38 heavy (non-hydrogen) atoms. The lowest BCUT2D eigenvalue weighted by atomic mass is 10.1. The average molecular weight is 567 g/mol. The Morgan fingerprint density at radius 3 is 2.58 bits per heavy atom. The highest BCUT2D eigenvalue weighted by atomic mass is 79.9. The molecule has 188 valence electrons. The number of carbonyl (C=O) groups is 1. The summed E-state index contributed by atoms with van der Waals surface area (Å²) in [6.45, 7) is 0.994. The van der Waals surface area contributed by atoms with Crippen molar-refractivity contribution in [2.24, 2.45) is 0 Å². The van der Waals surface area contributed by atoms with Gasteiger partial charge in [0.2, 0.25) is 0 Å². The van der Waals surface area contributed by atoms with Crippen LogP contribution in [0, 0.1) is 0 Å². The summed E-state index contributed by atoms with van der Waals surface area (Å²) in [6.07, 6.45) is 3.56. The van der Waals surface area contributed by atoms with E-state index < -0.39 is 0 Å². The molecule has 0 radical (unpaired) electrons. The Kier molecular flexibility index (Phi) is 6.27. The van der Waals surface area contributed by atoms with Crippen LogP contribution in [0.3, 0.4) is 0 Å². The first-order valence-electron chi connectivity index (χ1n) is 12.0. The number of benzene rings is 3. The molecule has 0 spiro atoms. The van der Waals surface area contributed by atoms with Crippen molar-refractivity contribution in [3.8, 4) is 17.0 Å². The fraction of sp³-hybridized carbons (Fsp3) is 0.0690. The molecule has 8 nitrogen and oxygen atoms in total. The number of phenolic OH excluding ortho intramolecular Hbond substituents is 1. The quantitative estimate of drug-likeness (QED) is 0.193. The van der Waals surface area contributed by atoms with Crippen molar-refractivity contribution < 1.29 is 9.90 Å². The van der Waals surface area contributed by atoms with Crippen LogP contribution in [0.4, 0.5) is 5.82 Å². The van der Waals surface area contributed by atoms with Crippen molar-refractivity contribution in [3.05, 3.63) is 112 Å². The predicted molar refractivity (Wildman–Crippen MR) is 151 cm³/mol. The van der Waals surface area contributed by atoms with E-state index >= 15 is 0 Å². The summed E-state index contributed by atoms with van der Waals surface area (Å²) < 4.78 is 2.49. The van der Waals surface area contributed by atoms with E-state index in [1.165, 1.54) is 0 Å². The third-order valence-electron chi connectivity index (χ3n) is 6.37. The summed E-state index contributed by atoms with van der Waals surface area (Å²) in [4.78, 5) is 20.4. The van der Waals surface area contributed by atoms with E-state index in [9.17, 15) is 9.90 Å². The maximum absolute atomic E-state index is 12.6. The zero-order valence-electron chi connectivity index (χ0n) is 20.1. The number of aromatic amines is 1. The Hall–Kier alpha value is -4.63. The van der Waals surface area contributed by atoms with Gasteiger partial charge in [-0.05, 0) is 63.5 Å². The molecule has 0 unspecified atom stereocenters. The molecule has 3 aromatic heterocycles. The molecular weight excluding hydrogens is 544 g/mol. The lowest BCUT2D eigenvalue weighted by Gasteiger charge is -2.12. The van der Waals surface area contributed by atoms with Crippen LogP contribution in [-0.4, -0.2) is 30.6 Å². The van der Waals surface area contributed by atoms with Crippen LogP contribution >= 0.6 is 15.9 Å². The molecule has 0 saturated heterocycles. The van der Waals surface area contributed by atoms with Crippen LogP contribution in [0.1, 0.15) is 21.5 Å². The van der Waals surface area contributed by atoms with Crippen molar-refractivity contribution in [1.82, 2.24) is 24.9 Å². The molecule has 0 saturated carbocycles. The van der Waals surface area contributed by atoms with E-state index in [1.807, 2.05) is 72.9 Å². The first-order valence-corrected chi connectivity index (χ1v) is 12.8. The Labute approximate surface area is 226 Å². The molecule has 0 aliphatic rings. The van der Waals surface area contributed by atoms with Crippen LogP contribution in [0.5, 0.6) is 5.75 Å². The summed E-state index contributed by atoms with van der Waals surface area (Å²) in [5.41, 5.74) is 5.65. The van der Waals surface area contributed by atoms with Gasteiger partial charge in [0.05, 0.1) is 16.4 Å². The molecule has 0 atom stereocenters. The van der Waals surface area contributed by atoms with Gasteiger partial charge in [-0.2, -0.15) is 9.61 Å². The predicted octanol–water partition coefficient (Wildman–Crippen LogP) is 5.89. The first-order chi connectivity index (χ1) is 18.5. The molecule has 0 bridgehead atoms. The number of rotatable bonds is 7. The zero-order valence-corrected chi connectivity index (χ0v) is 21.7. The van der Waals surface area contributed by atoms with Crippen molar-refractivity contribution in [2.75, 3.05) is 5.32 Å². The molecule has 0 fully saturated rings. The number of nitrogens with one attached hydrogen (secondary N) is 3. The summed E-state index contributed by atoms with van der Waals surface area (Å²) in [5, 5.41) is 22.2. The minimum Gasteiger partial charge on any atom is -0.507 e. The number of amides is 1. The van der Waals surface area contributed by atoms with Gasteiger partial charge >= 0.3 is 0 Å². The van der Waals surface area contributed by atoms with E-state index in [1.54, 1.807) is 22.8 Å². The highest BCUT2D eigenvalue weighted by Crippen LogP contribution is 2.31. The van der Waals surface area contributed by atoms with Crippen LogP contribution in [0.2, 0.25) is 0 Å². The fourth-order valence-electron chi connectivity index (χ4n) is 4.34. The third kappa shape index (κ3) is 4.71. The molecule has 6 aromatic rings. The number of aromatic nitrogens is 4. The summed E-state index contributed by atoms with van der Waals surface area (Å²) in [5.74, 6) is 0.805. The van der Waals surface area contributed by atoms with E-state index in [-0.39, 0.29) is 11.7 Å². The topological polar surface area (TPSA) is 107 Å². The molecule has 1 amide bonds. The van der Waals surface area contributed by atoms with Crippen molar-refractivity contribution in [3.63, 3.8) is 0 Å². The molecule has 6 rings (SSSR count). The lowest BCUT2D eigenvalue weighted by molar-refractivity contribution is 0.0951. The Morgan fingerprint density at radius 1 is 0.974 bits per heavy atom. The minimum atomic E-state index is -0.105. The van der Waals surface area contributed by atoms with Crippen LogP contribution in [0.15, 0.2) is 95.7 Å². The maximum atomic E-state index is 12.6. The van der Waals surface area contributed by atoms with Crippen molar-refractivity contribution in [2.45, 2.75) is 13.1 Å². The minimum absolute atomic E-state index is 0.105. The summed E-state index contributed by atoms with van der Waals surface area (Å²) in [6, 6.07) is 24.6. The highest BCUT2D eigenvalue weighted by Gasteiger charge is 2.14. The molecule has 3 heterocycles. The second-order valence-electron chi connectivity index (χ2n) is 8.90. The number of para-hydroxylation sites is 1. The van der Waals surface area contributed by atoms with Crippen LogP contribution in [0.25, 0.3) is 27.8 Å². The number of halogens is 1. The number of hydrogen-bond donors (Lipinski definition) is 4. The normalized spacial score (nSPS) is 11.2. The molecular formula is C29H23BrN6O2.